The lowest BCUT2D eigenvalue weighted by atomic mass is 9.82. The molecule has 21 heavy (non-hydrogen) atoms. The molecule has 1 aliphatic heterocycles. The van der Waals surface area contributed by atoms with Crippen LogP contribution in [0.15, 0.2) is 12.2 Å². The van der Waals surface area contributed by atoms with Crippen molar-refractivity contribution in [3.8, 4) is 0 Å². The number of carbonyl (C=O) groups is 1. The number of hydrogen-bond acceptors (Lipinski definition) is 6. The van der Waals surface area contributed by atoms with Crippen LogP contribution in [-0.2, 0) is 28.6 Å². The van der Waals surface area contributed by atoms with E-state index < -0.39 is 16.1 Å². The Kier molecular flexibility index (Phi) is 3.42. The molecule has 118 valence electrons. The van der Waals surface area contributed by atoms with Crippen LogP contribution in [0.3, 0.4) is 0 Å². The molecule has 1 heterocycles. The van der Waals surface area contributed by atoms with Crippen molar-refractivity contribution in [3.63, 3.8) is 0 Å². The summed E-state index contributed by atoms with van der Waals surface area (Å²) in [7, 11) is -3.43. The lowest BCUT2D eigenvalue weighted by Crippen LogP contribution is -2.41. The van der Waals surface area contributed by atoms with Gasteiger partial charge in [-0.2, -0.15) is 8.42 Å². The van der Waals surface area contributed by atoms with Gasteiger partial charge in [0.05, 0.1) is 18.0 Å². The molecule has 2 aliphatic carbocycles. The molecule has 2 saturated carbocycles. The summed E-state index contributed by atoms with van der Waals surface area (Å²) in [5.41, 5.74) is 0.178. The average molecular weight is 316 g/mol. The molecule has 5 atom stereocenters. The van der Waals surface area contributed by atoms with Gasteiger partial charge in [0.2, 0.25) is 0 Å². The molecular formula is C14H20O6S. The highest BCUT2D eigenvalue weighted by Gasteiger charge is 2.69. The molecule has 3 fully saturated rings. The van der Waals surface area contributed by atoms with Crippen molar-refractivity contribution >= 4 is 16.1 Å². The monoisotopic (exact) mass is 316 g/mol. The highest BCUT2D eigenvalue weighted by Crippen LogP contribution is 2.61. The van der Waals surface area contributed by atoms with Gasteiger partial charge in [0.1, 0.15) is 12.7 Å². The maximum atomic E-state index is 11.9. The van der Waals surface area contributed by atoms with Crippen LogP contribution in [0.2, 0.25) is 0 Å². The van der Waals surface area contributed by atoms with Gasteiger partial charge < -0.3 is 9.47 Å². The molecule has 5 unspecified atom stereocenters. The molecule has 0 spiro atoms. The minimum atomic E-state index is -3.43. The van der Waals surface area contributed by atoms with Gasteiger partial charge in [0, 0.05) is 11.5 Å². The Balaban J connectivity index is 1.58. The van der Waals surface area contributed by atoms with Crippen LogP contribution in [0.4, 0.5) is 0 Å². The summed E-state index contributed by atoms with van der Waals surface area (Å²) in [6.45, 7) is 7.49. The van der Waals surface area contributed by atoms with E-state index in [1.165, 1.54) is 0 Å². The average Bonchev–Trinajstić information content (AvgIpc) is 2.91. The summed E-state index contributed by atoms with van der Waals surface area (Å²) in [4.78, 5) is 11.3. The predicted molar refractivity (Wildman–Crippen MR) is 73.9 cm³/mol. The zero-order valence-electron chi connectivity index (χ0n) is 12.2. The highest BCUT2D eigenvalue weighted by molar-refractivity contribution is 7.87. The molecule has 0 N–H and O–H groups in total. The van der Waals surface area contributed by atoms with E-state index in [2.05, 4.69) is 13.5 Å². The first-order chi connectivity index (χ1) is 9.74. The Morgan fingerprint density at radius 3 is 2.76 bits per heavy atom. The molecule has 0 radical (unpaired) electrons. The maximum Gasteiger partial charge on any atom is 0.333 e. The fraction of sp³-hybridized carbons (Fsp3) is 0.786. The fourth-order valence-corrected chi connectivity index (χ4v) is 5.90. The largest absolute Gasteiger partial charge is 0.460 e. The summed E-state index contributed by atoms with van der Waals surface area (Å²) >= 11 is 0. The quantitative estimate of drug-likeness (QED) is 0.326. The molecule has 3 aliphatic rings. The SMILES string of the molecule is C=C(C)C(=O)OCCOC1C2OS(=O)(=O)C3CC1(C)CC23. The second-order valence-electron chi connectivity index (χ2n) is 6.53. The molecule has 6 nitrogen and oxygen atoms in total. The number of hydrogen-bond donors (Lipinski definition) is 0. The number of rotatable bonds is 5. The van der Waals surface area contributed by atoms with E-state index in [4.69, 9.17) is 13.7 Å². The molecule has 1 saturated heterocycles. The van der Waals surface area contributed by atoms with E-state index in [-0.39, 0.29) is 42.0 Å². The second-order valence-corrected chi connectivity index (χ2v) is 8.31. The third kappa shape index (κ3) is 2.31. The molecule has 0 aromatic heterocycles. The van der Waals surface area contributed by atoms with Crippen molar-refractivity contribution in [2.75, 3.05) is 13.2 Å². The Morgan fingerprint density at radius 1 is 1.38 bits per heavy atom. The normalized spacial score (nSPS) is 42.2. The van der Waals surface area contributed by atoms with Gasteiger partial charge in [-0.15, -0.1) is 0 Å². The van der Waals surface area contributed by atoms with Crippen molar-refractivity contribution in [2.45, 2.75) is 44.1 Å². The summed E-state index contributed by atoms with van der Waals surface area (Å²) in [5, 5.41) is -0.367. The van der Waals surface area contributed by atoms with E-state index in [0.29, 0.717) is 12.0 Å². The fourth-order valence-electron chi connectivity index (χ4n) is 3.94. The molecule has 2 bridgehead atoms. The molecular weight excluding hydrogens is 296 g/mol. The third-order valence-electron chi connectivity index (χ3n) is 4.83. The highest BCUT2D eigenvalue weighted by atomic mass is 32.2. The minimum Gasteiger partial charge on any atom is -0.460 e. The maximum absolute atomic E-state index is 11.9. The lowest BCUT2D eigenvalue weighted by molar-refractivity contribution is -0.143. The lowest BCUT2D eigenvalue weighted by Gasteiger charge is -2.32. The van der Waals surface area contributed by atoms with Crippen molar-refractivity contribution in [3.05, 3.63) is 12.2 Å². The number of fused-ring (bicyclic) bond motifs is 1. The molecule has 0 aromatic carbocycles. The van der Waals surface area contributed by atoms with Gasteiger partial charge in [-0.25, -0.2) is 4.79 Å². The van der Waals surface area contributed by atoms with Crippen molar-refractivity contribution in [1.29, 1.82) is 0 Å². The van der Waals surface area contributed by atoms with Crippen LogP contribution in [-0.4, -0.2) is 45.1 Å². The van der Waals surface area contributed by atoms with Gasteiger partial charge in [-0.1, -0.05) is 13.5 Å². The number of esters is 1. The van der Waals surface area contributed by atoms with Crippen LogP contribution < -0.4 is 0 Å². The molecule has 0 aromatic rings. The van der Waals surface area contributed by atoms with E-state index in [1.807, 2.05) is 0 Å². The van der Waals surface area contributed by atoms with Crippen LogP contribution in [0.1, 0.15) is 26.7 Å². The summed E-state index contributed by atoms with van der Waals surface area (Å²) in [5.74, 6) is -0.402. The molecule has 7 heteroatoms. The Bertz CT molecular complexity index is 582. The smallest absolute Gasteiger partial charge is 0.333 e. The Hall–Kier alpha value is -0.920. The zero-order chi connectivity index (χ0) is 15.4. The first kappa shape index (κ1) is 15.0. The van der Waals surface area contributed by atoms with Crippen LogP contribution in [0.5, 0.6) is 0 Å². The Morgan fingerprint density at radius 2 is 2.10 bits per heavy atom. The summed E-state index contributed by atoms with van der Waals surface area (Å²) in [6, 6.07) is 0. The first-order valence-electron chi connectivity index (χ1n) is 7.11. The van der Waals surface area contributed by atoms with Gasteiger partial charge in [0.15, 0.2) is 0 Å². The van der Waals surface area contributed by atoms with Gasteiger partial charge in [-0.3, -0.25) is 4.18 Å². The number of ether oxygens (including phenoxy) is 2. The van der Waals surface area contributed by atoms with E-state index in [0.717, 1.165) is 6.42 Å². The zero-order valence-corrected chi connectivity index (χ0v) is 13.0. The Labute approximate surface area is 124 Å². The van der Waals surface area contributed by atoms with Crippen LogP contribution in [0.25, 0.3) is 0 Å². The van der Waals surface area contributed by atoms with Crippen LogP contribution >= 0.6 is 0 Å². The molecule has 0 amide bonds. The first-order valence-corrected chi connectivity index (χ1v) is 8.58. The second kappa shape index (κ2) is 4.79. The number of carbonyl (C=O) groups excluding carboxylic acids is 1. The molecule has 3 rings (SSSR count). The van der Waals surface area contributed by atoms with E-state index in [1.54, 1.807) is 6.92 Å². The van der Waals surface area contributed by atoms with Crippen molar-refractivity contribution in [2.24, 2.45) is 11.3 Å². The van der Waals surface area contributed by atoms with Gasteiger partial charge in [0.25, 0.3) is 10.1 Å². The summed E-state index contributed by atoms with van der Waals surface area (Å²) < 4.78 is 39.8. The summed E-state index contributed by atoms with van der Waals surface area (Å²) in [6.07, 6.45) is 0.778. The van der Waals surface area contributed by atoms with Crippen molar-refractivity contribution in [1.82, 2.24) is 0 Å². The minimum absolute atomic E-state index is 0.0444. The third-order valence-corrected chi connectivity index (χ3v) is 6.58. The van der Waals surface area contributed by atoms with E-state index >= 15 is 0 Å². The van der Waals surface area contributed by atoms with Gasteiger partial charge in [-0.05, 0) is 25.2 Å². The standard InChI is InChI=1S/C14H20O6S/c1-8(2)13(15)19-5-4-18-12-11-9-6-14(12,3)7-10(9)21(16,17)20-11/h9-12H,1,4-7H2,2-3H3. The van der Waals surface area contributed by atoms with E-state index in [9.17, 15) is 13.2 Å². The predicted octanol–water partition coefficient (Wildman–Crippen LogP) is 1.02. The van der Waals surface area contributed by atoms with Gasteiger partial charge >= 0.3 is 5.97 Å². The topological polar surface area (TPSA) is 78.9 Å². The van der Waals surface area contributed by atoms with Crippen molar-refractivity contribution < 1.29 is 26.9 Å². The van der Waals surface area contributed by atoms with Crippen LogP contribution in [0, 0.1) is 11.3 Å².